The second-order valence-corrected chi connectivity index (χ2v) is 2.26. The van der Waals surface area contributed by atoms with Gasteiger partial charge in [-0.05, 0) is 19.8 Å². The van der Waals surface area contributed by atoms with Crippen molar-refractivity contribution < 1.29 is 15.3 Å². The predicted molar refractivity (Wildman–Crippen MR) is 34.0 cm³/mol. The van der Waals surface area contributed by atoms with Crippen LogP contribution < -0.4 is 0 Å². The monoisotopic (exact) mass is 134 g/mol. The standard InChI is InChI=1S/C6H14O3/c1-5(8)2-3-6(9)4-7/h5-9H,2-4H2,1H3/t5-,6+/m1/s1. The fourth-order valence-corrected chi connectivity index (χ4v) is 0.525. The van der Waals surface area contributed by atoms with E-state index in [-0.39, 0.29) is 12.7 Å². The summed E-state index contributed by atoms with van der Waals surface area (Å²) in [7, 11) is 0. The molecule has 0 aromatic heterocycles. The summed E-state index contributed by atoms with van der Waals surface area (Å²) in [6.07, 6.45) is -0.0404. The van der Waals surface area contributed by atoms with Gasteiger partial charge >= 0.3 is 0 Å². The first kappa shape index (κ1) is 8.88. The Hall–Kier alpha value is -0.120. The Kier molecular flexibility index (Phi) is 4.67. The molecule has 3 heteroatoms. The molecular formula is C6H14O3. The van der Waals surface area contributed by atoms with Gasteiger partial charge in [0.05, 0.1) is 18.8 Å². The van der Waals surface area contributed by atoms with Gasteiger partial charge in [-0.15, -0.1) is 0 Å². The van der Waals surface area contributed by atoms with Crippen LogP contribution in [0.25, 0.3) is 0 Å². The van der Waals surface area contributed by atoms with Crippen molar-refractivity contribution in [3.05, 3.63) is 0 Å². The largest absolute Gasteiger partial charge is 0.394 e. The van der Waals surface area contributed by atoms with Gasteiger partial charge in [0, 0.05) is 0 Å². The summed E-state index contributed by atoms with van der Waals surface area (Å²) in [6.45, 7) is 1.44. The lowest BCUT2D eigenvalue weighted by molar-refractivity contribution is 0.0717. The van der Waals surface area contributed by atoms with Gasteiger partial charge < -0.3 is 15.3 Å². The molecule has 0 radical (unpaired) electrons. The van der Waals surface area contributed by atoms with Crippen LogP contribution in [0.4, 0.5) is 0 Å². The van der Waals surface area contributed by atoms with E-state index in [0.29, 0.717) is 12.8 Å². The molecule has 0 heterocycles. The number of hydrogen-bond donors (Lipinski definition) is 3. The van der Waals surface area contributed by atoms with E-state index in [1.165, 1.54) is 0 Å². The highest BCUT2D eigenvalue weighted by Crippen LogP contribution is 1.99. The van der Waals surface area contributed by atoms with E-state index in [1.54, 1.807) is 6.92 Å². The molecule has 2 atom stereocenters. The zero-order valence-corrected chi connectivity index (χ0v) is 5.62. The molecule has 0 aromatic carbocycles. The summed E-state index contributed by atoms with van der Waals surface area (Å²) < 4.78 is 0. The second kappa shape index (κ2) is 4.73. The van der Waals surface area contributed by atoms with Gasteiger partial charge in [-0.25, -0.2) is 0 Å². The van der Waals surface area contributed by atoms with Gasteiger partial charge in [0.1, 0.15) is 0 Å². The molecule has 9 heavy (non-hydrogen) atoms. The molecule has 56 valence electrons. The maximum atomic E-state index is 8.75. The molecule has 0 unspecified atom stereocenters. The molecule has 0 bridgehead atoms. The van der Waals surface area contributed by atoms with E-state index in [0.717, 1.165) is 0 Å². The summed E-state index contributed by atoms with van der Waals surface area (Å²) in [5.41, 5.74) is 0. The lowest BCUT2D eigenvalue weighted by Gasteiger charge is -2.07. The van der Waals surface area contributed by atoms with Crippen molar-refractivity contribution in [1.29, 1.82) is 0 Å². The lowest BCUT2D eigenvalue weighted by atomic mass is 10.1. The zero-order valence-electron chi connectivity index (χ0n) is 5.62. The van der Waals surface area contributed by atoms with Crippen LogP contribution in [0.3, 0.4) is 0 Å². The van der Waals surface area contributed by atoms with Crippen molar-refractivity contribution in [2.24, 2.45) is 0 Å². The molecule has 0 saturated carbocycles. The summed E-state index contributed by atoms with van der Waals surface area (Å²) in [5, 5.41) is 25.8. The third-order valence-corrected chi connectivity index (χ3v) is 1.13. The molecule has 3 N–H and O–H groups in total. The van der Waals surface area contributed by atoms with Crippen molar-refractivity contribution in [3.63, 3.8) is 0 Å². The Morgan fingerprint density at radius 1 is 1.22 bits per heavy atom. The van der Waals surface area contributed by atoms with Crippen LogP contribution in [0.5, 0.6) is 0 Å². The fraction of sp³-hybridized carbons (Fsp3) is 1.00. The second-order valence-electron chi connectivity index (χ2n) is 2.26. The first-order valence-corrected chi connectivity index (χ1v) is 3.13. The van der Waals surface area contributed by atoms with Gasteiger partial charge in [0.25, 0.3) is 0 Å². The summed E-state index contributed by atoms with van der Waals surface area (Å²) in [6, 6.07) is 0. The first-order valence-electron chi connectivity index (χ1n) is 3.13. The van der Waals surface area contributed by atoms with E-state index in [9.17, 15) is 0 Å². The van der Waals surface area contributed by atoms with Crippen LogP contribution >= 0.6 is 0 Å². The number of hydrogen-bond acceptors (Lipinski definition) is 3. The minimum absolute atomic E-state index is 0.216. The van der Waals surface area contributed by atoms with Crippen molar-refractivity contribution in [1.82, 2.24) is 0 Å². The quantitative estimate of drug-likeness (QED) is 0.486. The Morgan fingerprint density at radius 2 is 1.78 bits per heavy atom. The van der Waals surface area contributed by atoms with Crippen LogP contribution in [-0.2, 0) is 0 Å². The van der Waals surface area contributed by atoms with Crippen molar-refractivity contribution in [3.8, 4) is 0 Å². The molecule has 0 aliphatic carbocycles. The summed E-state index contributed by atoms with van der Waals surface area (Å²) in [5.74, 6) is 0. The van der Waals surface area contributed by atoms with E-state index >= 15 is 0 Å². The number of aliphatic hydroxyl groups is 3. The highest BCUT2D eigenvalue weighted by Gasteiger charge is 2.02. The van der Waals surface area contributed by atoms with Crippen LogP contribution in [0.1, 0.15) is 19.8 Å². The predicted octanol–water partition coefficient (Wildman–Crippen LogP) is -0.499. The molecule has 3 nitrogen and oxygen atoms in total. The molecule has 0 rings (SSSR count). The SMILES string of the molecule is C[C@@H](O)CC[C@H](O)CO. The highest BCUT2D eigenvalue weighted by molar-refractivity contribution is 4.55. The van der Waals surface area contributed by atoms with E-state index < -0.39 is 6.10 Å². The molecule has 0 saturated heterocycles. The van der Waals surface area contributed by atoms with E-state index in [4.69, 9.17) is 15.3 Å². The normalized spacial score (nSPS) is 17.3. The third-order valence-electron chi connectivity index (χ3n) is 1.13. The number of aliphatic hydroxyl groups excluding tert-OH is 3. The van der Waals surface area contributed by atoms with Crippen molar-refractivity contribution in [2.75, 3.05) is 6.61 Å². The molecule has 0 aliphatic heterocycles. The maximum Gasteiger partial charge on any atom is 0.0771 e. The third kappa shape index (κ3) is 5.76. The smallest absolute Gasteiger partial charge is 0.0771 e. The lowest BCUT2D eigenvalue weighted by Crippen LogP contribution is -2.14. The maximum absolute atomic E-state index is 8.75. The minimum Gasteiger partial charge on any atom is -0.394 e. The minimum atomic E-state index is -0.667. The molecule has 0 aromatic rings. The highest BCUT2D eigenvalue weighted by atomic mass is 16.3. The Labute approximate surface area is 54.9 Å². The van der Waals surface area contributed by atoms with Crippen molar-refractivity contribution in [2.45, 2.75) is 32.0 Å². The van der Waals surface area contributed by atoms with Crippen LogP contribution in [0.15, 0.2) is 0 Å². The Bertz CT molecular complexity index is 63.3. The van der Waals surface area contributed by atoms with E-state index in [2.05, 4.69) is 0 Å². The zero-order chi connectivity index (χ0) is 7.28. The number of rotatable bonds is 4. The van der Waals surface area contributed by atoms with Gasteiger partial charge in [0.2, 0.25) is 0 Å². The van der Waals surface area contributed by atoms with Gasteiger partial charge in [-0.3, -0.25) is 0 Å². The van der Waals surface area contributed by atoms with Gasteiger partial charge in [0.15, 0.2) is 0 Å². The summed E-state index contributed by atoms with van der Waals surface area (Å²) >= 11 is 0. The van der Waals surface area contributed by atoms with Crippen molar-refractivity contribution >= 4 is 0 Å². The van der Waals surface area contributed by atoms with Gasteiger partial charge in [-0.2, -0.15) is 0 Å². The molecule has 0 aliphatic rings. The fourth-order valence-electron chi connectivity index (χ4n) is 0.525. The van der Waals surface area contributed by atoms with E-state index in [1.807, 2.05) is 0 Å². The van der Waals surface area contributed by atoms with Crippen LogP contribution in [-0.4, -0.2) is 34.1 Å². The molecule has 0 fully saturated rings. The van der Waals surface area contributed by atoms with Crippen LogP contribution in [0, 0.1) is 0 Å². The first-order chi connectivity index (χ1) is 4.16. The topological polar surface area (TPSA) is 60.7 Å². The summed E-state index contributed by atoms with van der Waals surface area (Å²) in [4.78, 5) is 0. The average molecular weight is 134 g/mol. The molecule has 0 spiro atoms. The van der Waals surface area contributed by atoms with Gasteiger partial charge in [-0.1, -0.05) is 0 Å². The average Bonchev–Trinajstić information content (AvgIpc) is 1.83. The molecule has 0 amide bonds. The van der Waals surface area contributed by atoms with Crippen LogP contribution in [0.2, 0.25) is 0 Å². The molecular weight excluding hydrogens is 120 g/mol. The Balaban J connectivity index is 3.06. The Morgan fingerprint density at radius 3 is 2.11 bits per heavy atom.